The Hall–Kier alpha value is -3.25. The second-order valence-corrected chi connectivity index (χ2v) is 10.0. The van der Waals surface area contributed by atoms with Gasteiger partial charge in [0.1, 0.15) is 16.9 Å². The van der Waals surface area contributed by atoms with Crippen LogP contribution in [0.3, 0.4) is 0 Å². The second kappa shape index (κ2) is 8.51. The first kappa shape index (κ1) is 22.5. The Bertz CT molecular complexity index is 1480. The van der Waals surface area contributed by atoms with Crippen LogP contribution >= 0.6 is 11.6 Å². The number of aryl methyl sites for hydroxylation is 2. The molecule has 0 spiro atoms. The van der Waals surface area contributed by atoms with Crippen molar-refractivity contribution >= 4 is 39.4 Å². The van der Waals surface area contributed by atoms with Crippen molar-refractivity contribution in [2.75, 3.05) is 6.54 Å². The molecule has 0 aliphatic carbocycles. The van der Waals surface area contributed by atoms with Crippen LogP contribution in [0.1, 0.15) is 42.5 Å². The molecule has 0 radical (unpaired) electrons. The van der Waals surface area contributed by atoms with Gasteiger partial charge in [-0.2, -0.15) is 0 Å². The molecule has 0 fully saturated rings. The summed E-state index contributed by atoms with van der Waals surface area (Å²) in [5.74, 6) is 0.547. The number of halogens is 1. The Morgan fingerprint density at radius 3 is 2.85 bits per heavy atom. The molecule has 0 bridgehead atoms. The van der Waals surface area contributed by atoms with Gasteiger partial charge in [0.05, 0.1) is 12.0 Å². The van der Waals surface area contributed by atoms with Gasteiger partial charge in [0.2, 0.25) is 5.91 Å². The van der Waals surface area contributed by atoms with Crippen LogP contribution in [0.25, 0.3) is 21.9 Å². The molecule has 3 heterocycles. The number of hydrogen-bond acceptors (Lipinski definition) is 4. The molecule has 1 aliphatic rings. The maximum absolute atomic E-state index is 12.7. The zero-order valence-electron chi connectivity index (χ0n) is 19.5. The minimum Gasteiger partial charge on any atom is -0.487 e. The maximum atomic E-state index is 12.7. The van der Waals surface area contributed by atoms with Gasteiger partial charge < -0.3 is 19.5 Å². The topological polar surface area (TPSA) is 84.3 Å². The van der Waals surface area contributed by atoms with E-state index in [1.54, 1.807) is 6.07 Å². The summed E-state index contributed by atoms with van der Waals surface area (Å²) in [6.07, 6.45) is 4.37. The molecular formula is C27H27ClN2O4. The van der Waals surface area contributed by atoms with Crippen LogP contribution in [0.5, 0.6) is 5.75 Å². The van der Waals surface area contributed by atoms with Gasteiger partial charge >= 0.3 is 5.63 Å². The molecular weight excluding hydrogens is 452 g/mol. The number of carbonyl (C=O) groups excluding carboxylic acids is 1. The fourth-order valence-corrected chi connectivity index (χ4v) is 4.83. The van der Waals surface area contributed by atoms with Gasteiger partial charge in [0.15, 0.2) is 0 Å². The fraction of sp³-hybridized carbons (Fsp3) is 0.333. The van der Waals surface area contributed by atoms with Crippen molar-refractivity contribution in [3.05, 3.63) is 74.2 Å². The average Bonchev–Trinajstić information content (AvgIpc) is 3.17. The molecule has 0 unspecified atom stereocenters. The number of carbonyl (C=O) groups is 1. The number of H-pyrrole nitrogens is 1. The minimum atomic E-state index is -0.485. The summed E-state index contributed by atoms with van der Waals surface area (Å²) in [4.78, 5) is 28.6. The molecule has 2 N–H and O–H groups in total. The van der Waals surface area contributed by atoms with E-state index in [-0.39, 0.29) is 17.9 Å². The van der Waals surface area contributed by atoms with Crippen LogP contribution in [0.15, 0.2) is 45.7 Å². The fourth-order valence-electron chi connectivity index (χ4n) is 4.66. The van der Waals surface area contributed by atoms with Gasteiger partial charge in [-0.3, -0.25) is 4.79 Å². The molecule has 1 amide bonds. The molecule has 6 nitrogen and oxygen atoms in total. The summed E-state index contributed by atoms with van der Waals surface area (Å²) < 4.78 is 11.7. The first-order valence-corrected chi connectivity index (χ1v) is 11.9. The molecule has 5 rings (SSSR count). The number of hydrogen-bond donors (Lipinski definition) is 2. The molecule has 34 heavy (non-hydrogen) atoms. The van der Waals surface area contributed by atoms with Crippen LogP contribution in [-0.2, 0) is 24.1 Å². The van der Waals surface area contributed by atoms with E-state index in [1.165, 1.54) is 0 Å². The number of fused-ring (bicyclic) bond motifs is 3. The van der Waals surface area contributed by atoms with Crippen molar-refractivity contribution in [3.8, 4) is 5.75 Å². The SMILES string of the molecule is Cc1c(CC(=O)NCCc2c[nH]c3ccc(Cl)cc23)c(=O)oc2cc3c(cc12)CCC(C)(C)O3. The number of aromatic nitrogens is 1. The molecule has 2 aromatic carbocycles. The van der Waals surface area contributed by atoms with E-state index in [0.717, 1.165) is 51.6 Å². The second-order valence-electron chi connectivity index (χ2n) is 9.59. The van der Waals surface area contributed by atoms with Crippen LogP contribution in [0.4, 0.5) is 0 Å². The van der Waals surface area contributed by atoms with E-state index in [2.05, 4.69) is 24.1 Å². The highest BCUT2D eigenvalue weighted by Gasteiger charge is 2.27. The average molecular weight is 479 g/mol. The van der Waals surface area contributed by atoms with E-state index in [4.69, 9.17) is 20.8 Å². The number of benzene rings is 2. The number of rotatable bonds is 5. The maximum Gasteiger partial charge on any atom is 0.340 e. The lowest BCUT2D eigenvalue weighted by Crippen LogP contribution is -2.32. The third-order valence-electron chi connectivity index (χ3n) is 6.63. The van der Waals surface area contributed by atoms with Crippen LogP contribution in [0.2, 0.25) is 5.02 Å². The third-order valence-corrected chi connectivity index (χ3v) is 6.87. The Morgan fingerprint density at radius 2 is 2.03 bits per heavy atom. The molecule has 4 aromatic rings. The zero-order valence-corrected chi connectivity index (χ0v) is 20.3. The standard InChI is InChI=1S/C27H27ClN2O4/c1-15-19-10-16-6-8-27(2,3)34-23(16)13-24(19)33-26(32)20(15)12-25(31)29-9-7-17-14-30-22-5-4-18(28)11-21(17)22/h4-5,10-11,13-14,30H,6-9,12H2,1-3H3,(H,29,31). The van der Waals surface area contributed by atoms with Crippen molar-refractivity contribution in [2.24, 2.45) is 0 Å². The van der Waals surface area contributed by atoms with E-state index in [9.17, 15) is 9.59 Å². The Kier molecular flexibility index (Phi) is 5.64. The molecule has 0 atom stereocenters. The monoisotopic (exact) mass is 478 g/mol. The van der Waals surface area contributed by atoms with Crippen molar-refractivity contribution in [1.82, 2.24) is 10.3 Å². The van der Waals surface area contributed by atoms with E-state index >= 15 is 0 Å². The van der Waals surface area contributed by atoms with Gasteiger partial charge in [0, 0.05) is 40.1 Å². The van der Waals surface area contributed by atoms with E-state index < -0.39 is 5.63 Å². The quantitative estimate of drug-likeness (QED) is 0.384. The highest BCUT2D eigenvalue weighted by molar-refractivity contribution is 6.31. The van der Waals surface area contributed by atoms with Crippen LogP contribution in [-0.4, -0.2) is 23.0 Å². The molecule has 1 aliphatic heterocycles. The largest absolute Gasteiger partial charge is 0.487 e. The van der Waals surface area contributed by atoms with Crippen molar-refractivity contribution < 1.29 is 13.9 Å². The zero-order chi connectivity index (χ0) is 24.0. The van der Waals surface area contributed by atoms with Crippen molar-refractivity contribution in [3.63, 3.8) is 0 Å². The first-order chi connectivity index (χ1) is 16.2. The summed E-state index contributed by atoms with van der Waals surface area (Å²) in [6.45, 7) is 6.43. The third kappa shape index (κ3) is 4.30. The summed E-state index contributed by atoms with van der Waals surface area (Å²) in [7, 11) is 0. The van der Waals surface area contributed by atoms with Crippen molar-refractivity contribution in [2.45, 2.75) is 52.1 Å². The first-order valence-electron chi connectivity index (χ1n) is 11.5. The smallest absolute Gasteiger partial charge is 0.340 e. The Labute approximate surface area is 202 Å². The normalized spacial score (nSPS) is 14.7. The predicted octanol–water partition coefficient (Wildman–Crippen LogP) is 5.24. The summed E-state index contributed by atoms with van der Waals surface area (Å²) in [5.41, 5.74) is 4.11. The number of aromatic amines is 1. The lowest BCUT2D eigenvalue weighted by molar-refractivity contribution is -0.120. The summed E-state index contributed by atoms with van der Waals surface area (Å²) >= 11 is 6.12. The van der Waals surface area contributed by atoms with E-state index in [0.29, 0.717) is 29.1 Å². The van der Waals surface area contributed by atoms with Crippen LogP contribution in [0, 0.1) is 6.92 Å². The summed E-state index contributed by atoms with van der Waals surface area (Å²) in [6, 6.07) is 9.52. The predicted molar refractivity (Wildman–Crippen MR) is 134 cm³/mol. The molecule has 2 aromatic heterocycles. The summed E-state index contributed by atoms with van der Waals surface area (Å²) in [5, 5.41) is 5.49. The molecule has 0 saturated heterocycles. The van der Waals surface area contributed by atoms with Crippen molar-refractivity contribution in [1.29, 1.82) is 0 Å². The Balaban J connectivity index is 1.31. The lowest BCUT2D eigenvalue weighted by Gasteiger charge is -2.32. The van der Waals surface area contributed by atoms with Crippen LogP contribution < -0.4 is 15.7 Å². The van der Waals surface area contributed by atoms with Gasteiger partial charge in [0.25, 0.3) is 0 Å². The highest BCUT2D eigenvalue weighted by Crippen LogP contribution is 2.36. The number of amides is 1. The van der Waals surface area contributed by atoms with Gasteiger partial charge in [-0.1, -0.05) is 11.6 Å². The molecule has 7 heteroatoms. The highest BCUT2D eigenvalue weighted by atomic mass is 35.5. The minimum absolute atomic E-state index is 0.0234. The lowest BCUT2D eigenvalue weighted by atomic mass is 9.92. The van der Waals surface area contributed by atoms with E-state index in [1.807, 2.05) is 37.4 Å². The van der Waals surface area contributed by atoms with Gasteiger partial charge in [-0.05, 0) is 81.0 Å². The van der Waals surface area contributed by atoms with Gasteiger partial charge in [-0.15, -0.1) is 0 Å². The molecule has 176 valence electrons. The number of ether oxygens (including phenoxy) is 1. The molecule has 0 saturated carbocycles. The Morgan fingerprint density at radius 1 is 1.21 bits per heavy atom. The van der Waals surface area contributed by atoms with Gasteiger partial charge in [-0.25, -0.2) is 4.79 Å². The number of nitrogens with one attached hydrogen (secondary N) is 2.